The molecule has 2 aliphatic rings. The van der Waals surface area contributed by atoms with E-state index in [1.807, 2.05) is 23.1 Å². The zero-order valence-corrected chi connectivity index (χ0v) is 18.1. The van der Waals surface area contributed by atoms with Crippen molar-refractivity contribution in [2.75, 3.05) is 49.6 Å². The molecule has 1 fully saturated rings. The number of hydrogen-bond acceptors (Lipinski definition) is 5. The third-order valence-corrected chi connectivity index (χ3v) is 7.58. The van der Waals surface area contributed by atoms with Crippen LogP contribution in [-0.4, -0.2) is 58.0 Å². The van der Waals surface area contributed by atoms with Crippen molar-refractivity contribution in [3.63, 3.8) is 0 Å². The van der Waals surface area contributed by atoms with Gasteiger partial charge in [0.2, 0.25) is 15.9 Å². The lowest BCUT2D eigenvalue weighted by molar-refractivity contribution is -0.115. The lowest BCUT2D eigenvalue weighted by Gasteiger charge is -2.30. The van der Waals surface area contributed by atoms with Crippen LogP contribution in [0.3, 0.4) is 0 Å². The van der Waals surface area contributed by atoms with Gasteiger partial charge in [0.25, 0.3) is 0 Å². The quantitative estimate of drug-likeness (QED) is 0.759. The van der Waals surface area contributed by atoms with Crippen molar-refractivity contribution in [1.82, 2.24) is 4.31 Å². The van der Waals surface area contributed by atoms with Gasteiger partial charge in [0.05, 0.1) is 35.4 Å². The largest absolute Gasteiger partial charge is 0.379 e. The van der Waals surface area contributed by atoms with Crippen LogP contribution in [0.4, 0.5) is 11.4 Å². The number of nitrogens with one attached hydrogen (secondary N) is 1. The van der Waals surface area contributed by atoms with Gasteiger partial charge in [-0.2, -0.15) is 4.31 Å². The van der Waals surface area contributed by atoms with Gasteiger partial charge in [0, 0.05) is 25.3 Å². The fourth-order valence-electron chi connectivity index (χ4n) is 3.84. The summed E-state index contributed by atoms with van der Waals surface area (Å²) in [6.45, 7) is 2.32. The summed E-state index contributed by atoms with van der Waals surface area (Å²) in [6.07, 6.45) is 1.99. The molecule has 1 amide bonds. The van der Waals surface area contributed by atoms with Gasteiger partial charge in [-0.05, 0) is 42.7 Å². The fraction of sp³-hybridized carbons (Fsp3) is 0.381. The first-order valence-electron chi connectivity index (χ1n) is 9.95. The van der Waals surface area contributed by atoms with E-state index in [1.165, 1.54) is 28.1 Å². The van der Waals surface area contributed by atoms with E-state index < -0.39 is 10.0 Å². The molecule has 160 valence electrons. The van der Waals surface area contributed by atoms with Crippen LogP contribution >= 0.6 is 11.6 Å². The smallest absolute Gasteiger partial charge is 0.243 e. The number of halogens is 1. The van der Waals surface area contributed by atoms with Gasteiger partial charge in [-0.1, -0.05) is 29.8 Å². The van der Waals surface area contributed by atoms with E-state index in [9.17, 15) is 13.2 Å². The number of nitrogens with zero attached hydrogens (tertiary/aromatic N) is 2. The molecule has 0 atom stereocenters. The molecule has 0 unspecified atom stereocenters. The zero-order chi connectivity index (χ0) is 21.1. The first kappa shape index (κ1) is 21.1. The molecule has 2 aromatic rings. The number of hydrogen-bond donors (Lipinski definition) is 1. The molecule has 0 aromatic heterocycles. The highest BCUT2D eigenvalue weighted by Gasteiger charge is 2.27. The topological polar surface area (TPSA) is 79.0 Å². The molecule has 2 aromatic carbocycles. The van der Waals surface area contributed by atoms with Crippen LogP contribution in [0.5, 0.6) is 0 Å². The molecule has 1 N–H and O–H groups in total. The van der Waals surface area contributed by atoms with Crippen LogP contribution < -0.4 is 10.2 Å². The number of morpholine rings is 1. The Labute approximate surface area is 181 Å². The van der Waals surface area contributed by atoms with E-state index in [-0.39, 0.29) is 17.3 Å². The molecule has 0 radical (unpaired) electrons. The first-order chi connectivity index (χ1) is 14.4. The molecular weight excluding hydrogens is 426 g/mol. The first-order valence-corrected chi connectivity index (χ1v) is 11.8. The SMILES string of the molecule is O=C(CN1CCCc2ccccc21)Nc1cc(S(=O)(=O)N2CCOCC2)ccc1Cl. The van der Waals surface area contributed by atoms with Crippen molar-refractivity contribution in [2.24, 2.45) is 0 Å². The van der Waals surface area contributed by atoms with Crippen LogP contribution in [0, 0.1) is 0 Å². The van der Waals surface area contributed by atoms with E-state index in [0.717, 1.165) is 25.1 Å². The summed E-state index contributed by atoms with van der Waals surface area (Å²) in [6, 6.07) is 12.5. The maximum absolute atomic E-state index is 12.9. The molecule has 9 heteroatoms. The Morgan fingerprint density at radius 2 is 1.87 bits per heavy atom. The standard InChI is InChI=1S/C21H24ClN3O4S/c22-18-8-7-17(30(27,28)25-10-12-29-13-11-25)14-19(18)23-21(26)15-24-9-3-5-16-4-1-2-6-20(16)24/h1-2,4,6-8,14H,3,5,9-13,15H2,(H,23,26). The number of anilines is 2. The second-order valence-electron chi connectivity index (χ2n) is 7.36. The fourth-order valence-corrected chi connectivity index (χ4v) is 5.44. The number of aryl methyl sites for hydroxylation is 1. The van der Waals surface area contributed by atoms with Crippen molar-refractivity contribution in [1.29, 1.82) is 0 Å². The molecular formula is C21H24ClN3O4S. The summed E-state index contributed by atoms with van der Waals surface area (Å²) in [7, 11) is -3.67. The average Bonchev–Trinajstić information content (AvgIpc) is 2.76. The molecule has 0 bridgehead atoms. The van der Waals surface area contributed by atoms with Gasteiger partial charge in [0.1, 0.15) is 0 Å². The van der Waals surface area contributed by atoms with E-state index in [1.54, 1.807) is 0 Å². The van der Waals surface area contributed by atoms with Gasteiger partial charge >= 0.3 is 0 Å². The van der Waals surface area contributed by atoms with Crippen LogP contribution in [0.2, 0.25) is 5.02 Å². The predicted octanol–water partition coefficient (Wildman–Crippen LogP) is 2.75. The highest BCUT2D eigenvalue weighted by Crippen LogP contribution is 2.29. The Morgan fingerprint density at radius 1 is 1.10 bits per heavy atom. The molecule has 2 heterocycles. The lowest BCUT2D eigenvalue weighted by Crippen LogP contribution is -2.40. The summed E-state index contributed by atoms with van der Waals surface area (Å²) in [4.78, 5) is 14.9. The van der Waals surface area contributed by atoms with Crippen LogP contribution in [0.25, 0.3) is 0 Å². The van der Waals surface area contributed by atoms with Gasteiger partial charge in [-0.15, -0.1) is 0 Å². The number of carbonyl (C=O) groups is 1. The number of para-hydroxylation sites is 1. The molecule has 4 rings (SSSR count). The summed E-state index contributed by atoms with van der Waals surface area (Å²) >= 11 is 6.24. The second-order valence-corrected chi connectivity index (χ2v) is 9.71. The van der Waals surface area contributed by atoms with Gasteiger partial charge in [-0.25, -0.2) is 8.42 Å². The summed E-state index contributed by atoms with van der Waals surface area (Å²) in [5.41, 5.74) is 2.59. The van der Waals surface area contributed by atoms with Crippen LogP contribution in [-0.2, 0) is 26.0 Å². The Bertz CT molecular complexity index is 1040. The second kappa shape index (κ2) is 8.93. The molecule has 0 spiro atoms. The van der Waals surface area contributed by atoms with Crippen LogP contribution in [0.15, 0.2) is 47.4 Å². The number of benzene rings is 2. The number of rotatable bonds is 5. The molecule has 2 aliphatic heterocycles. The maximum atomic E-state index is 12.9. The zero-order valence-electron chi connectivity index (χ0n) is 16.5. The van der Waals surface area contributed by atoms with E-state index >= 15 is 0 Å². The minimum absolute atomic E-state index is 0.104. The lowest BCUT2D eigenvalue weighted by atomic mass is 10.0. The normalized spacial score (nSPS) is 17.4. The highest BCUT2D eigenvalue weighted by molar-refractivity contribution is 7.89. The van der Waals surface area contributed by atoms with Crippen molar-refractivity contribution in [3.05, 3.63) is 53.1 Å². The van der Waals surface area contributed by atoms with E-state index in [4.69, 9.17) is 16.3 Å². The van der Waals surface area contributed by atoms with Crippen molar-refractivity contribution >= 4 is 38.9 Å². The molecule has 7 nitrogen and oxygen atoms in total. The number of amides is 1. The number of ether oxygens (including phenoxy) is 1. The molecule has 0 aliphatic carbocycles. The minimum Gasteiger partial charge on any atom is -0.379 e. The number of sulfonamides is 1. The molecule has 30 heavy (non-hydrogen) atoms. The van der Waals surface area contributed by atoms with Gasteiger partial charge in [0.15, 0.2) is 0 Å². The van der Waals surface area contributed by atoms with Crippen molar-refractivity contribution in [2.45, 2.75) is 17.7 Å². The summed E-state index contributed by atoms with van der Waals surface area (Å²) < 4.78 is 32.4. The van der Waals surface area contributed by atoms with Crippen LogP contribution in [0.1, 0.15) is 12.0 Å². The molecule has 0 saturated carbocycles. The predicted molar refractivity (Wildman–Crippen MR) is 117 cm³/mol. The highest BCUT2D eigenvalue weighted by atomic mass is 35.5. The number of fused-ring (bicyclic) bond motifs is 1. The Balaban J connectivity index is 1.50. The maximum Gasteiger partial charge on any atom is 0.243 e. The Morgan fingerprint density at radius 3 is 2.67 bits per heavy atom. The monoisotopic (exact) mass is 449 g/mol. The average molecular weight is 450 g/mol. The minimum atomic E-state index is -3.67. The van der Waals surface area contributed by atoms with Gasteiger partial charge < -0.3 is 15.0 Å². The molecule has 1 saturated heterocycles. The van der Waals surface area contributed by atoms with Crippen molar-refractivity contribution < 1.29 is 17.9 Å². The third-order valence-electron chi connectivity index (χ3n) is 5.36. The van der Waals surface area contributed by atoms with E-state index in [2.05, 4.69) is 11.4 Å². The van der Waals surface area contributed by atoms with E-state index in [0.29, 0.717) is 37.0 Å². The Kier molecular flexibility index (Phi) is 6.29. The Hall–Kier alpha value is -2.13. The third kappa shape index (κ3) is 4.46. The van der Waals surface area contributed by atoms with Crippen molar-refractivity contribution in [3.8, 4) is 0 Å². The summed E-state index contributed by atoms with van der Waals surface area (Å²) in [5, 5.41) is 3.08. The summed E-state index contributed by atoms with van der Waals surface area (Å²) in [5.74, 6) is -0.241. The van der Waals surface area contributed by atoms with Gasteiger partial charge in [-0.3, -0.25) is 4.79 Å². The number of carbonyl (C=O) groups excluding carboxylic acids is 1.